The summed E-state index contributed by atoms with van der Waals surface area (Å²) in [6.07, 6.45) is 2.57. The molecule has 0 aromatic carbocycles. The predicted octanol–water partition coefficient (Wildman–Crippen LogP) is 3.95. The summed E-state index contributed by atoms with van der Waals surface area (Å²) in [6, 6.07) is 3.50. The van der Waals surface area contributed by atoms with Crippen LogP contribution < -0.4 is 10.6 Å². The van der Waals surface area contributed by atoms with Crippen LogP contribution in [0.3, 0.4) is 0 Å². The molecule has 0 bridgehead atoms. The molecular weight excluding hydrogens is 308 g/mol. The quantitative estimate of drug-likeness (QED) is 0.675. The number of halogens is 1. The minimum absolute atomic E-state index is 0.0262. The van der Waals surface area contributed by atoms with Crippen LogP contribution in [0.15, 0.2) is 12.1 Å². The van der Waals surface area contributed by atoms with E-state index in [1.54, 1.807) is 0 Å². The van der Waals surface area contributed by atoms with Gasteiger partial charge in [-0.1, -0.05) is 25.4 Å². The second-order valence-electron chi connectivity index (χ2n) is 5.37. The minimum Gasteiger partial charge on any atom is -0.396 e. The first-order valence-corrected chi connectivity index (χ1v) is 8.56. The number of aliphatic hydroxyl groups is 1. The van der Waals surface area contributed by atoms with Crippen molar-refractivity contribution in [1.29, 1.82) is 0 Å². The second kappa shape index (κ2) is 8.61. The molecule has 120 valence electrons. The van der Waals surface area contributed by atoms with E-state index in [1.807, 2.05) is 19.1 Å². The normalized spacial score (nSPS) is 13.0. The molecule has 0 saturated heterocycles. The predicted molar refractivity (Wildman–Crippen MR) is 89.0 cm³/mol. The molecule has 1 aromatic heterocycles. The van der Waals surface area contributed by atoms with Crippen molar-refractivity contribution in [3.05, 3.63) is 21.3 Å². The Morgan fingerprint density at radius 1 is 1.43 bits per heavy atom. The molecule has 6 heteroatoms. The third-order valence-corrected chi connectivity index (χ3v) is 5.55. The molecule has 0 saturated carbocycles. The molecule has 3 N–H and O–H groups in total. The molecule has 0 radical (unpaired) electrons. The number of carbonyl (C=O) groups excluding carboxylic acids is 1. The summed E-state index contributed by atoms with van der Waals surface area (Å²) >= 11 is 7.37. The Hall–Kier alpha value is -0.780. The van der Waals surface area contributed by atoms with Gasteiger partial charge in [0.1, 0.15) is 0 Å². The van der Waals surface area contributed by atoms with Crippen LogP contribution in [0.4, 0.5) is 4.79 Å². The zero-order valence-electron chi connectivity index (χ0n) is 12.9. The van der Waals surface area contributed by atoms with Gasteiger partial charge >= 0.3 is 6.03 Å². The Labute approximate surface area is 135 Å². The highest BCUT2D eigenvalue weighted by molar-refractivity contribution is 7.16. The summed E-state index contributed by atoms with van der Waals surface area (Å²) in [6.45, 7) is 6.84. The number of hydrogen-bond acceptors (Lipinski definition) is 3. The average molecular weight is 333 g/mol. The zero-order chi connectivity index (χ0) is 15.9. The van der Waals surface area contributed by atoms with E-state index in [4.69, 9.17) is 11.6 Å². The van der Waals surface area contributed by atoms with Crippen LogP contribution in [-0.4, -0.2) is 24.3 Å². The Kier molecular flexibility index (Phi) is 7.49. The summed E-state index contributed by atoms with van der Waals surface area (Å²) in [5, 5.41) is 15.0. The Bertz CT molecular complexity index is 447. The van der Waals surface area contributed by atoms with Crippen LogP contribution in [0, 0.1) is 5.41 Å². The van der Waals surface area contributed by atoms with Gasteiger partial charge in [-0.05, 0) is 43.7 Å². The number of amides is 2. The van der Waals surface area contributed by atoms with E-state index in [1.165, 1.54) is 11.3 Å². The molecule has 21 heavy (non-hydrogen) atoms. The molecule has 0 aliphatic heterocycles. The fourth-order valence-electron chi connectivity index (χ4n) is 2.33. The summed E-state index contributed by atoms with van der Waals surface area (Å²) < 4.78 is 0.720. The van der Waals surface area contributed by atoms with Gasteiger partial charge in [0, 0.05) is 18.0 Å². The first-order valence-electron chi connectivity index (χ1n) is 7.36. The van der Waals surface area contributed by atoms with Crippen LogP contribution in [-0.2, 0) is 0 Å². The van der Waals surface area contributed by atoms with E-state index in [-0.39, 0.29) is 24.1 Å². The van der Waals surface area contributed by atoms with Crippen LogP contribution in [0.25, 0.3) is 0 Å². The lowest BCUT2D eigenvalue weighted by atomic mass is 9.79. The van der Waals surface area contributed by atoms with Crippen LogP contribution in [0.1, 0.15) is 51.0 Å². The number of carbonyl (C=O) groups is 1. The molecule has 4 nitrogen and oxygen atoms in total. The highest BCUT2D eigenvalue weighted by Crippen LogP contribution is 2.29. The van der Waals surface area contributed by atoms with E-state index in [2.05, 4.69) is 24.5 Å². The highest BCUT2D eigenvalue weighted by Gasteiger charge is 2.26. The summed E-state index contributed by atoms with van der Waals surface area (Å²) in [5.41, 5.74) is -0.0262. The molecule has 1 aromatic rings. The number of rotatable bonds is 8. The van der Waals surface area contributed by atoms with Crippen molar-refractivity contribution in [2.45, 2.75) is 46.1 Å². The molecule has 0 fully saturated rings. The smallest absolute Gasteiger partial charge is 0.315 e. The fourth-order valence-corrected chi connectivity index (χ4v) is 3.39. The van der Waals surface area contributed by atoms with Gasteiger partial charge in [0.15, 0.2) is 0 Å². The molecular formula is C15H25ClN2O2S. The van der Waals surface area contributed by atoms with E-state index in [0.717, 1.165) is 22.1 Å². The molecule has 0 aliphatic rings. The van der Waals surface area contributed by atoms with Crippen molar-refractivity contribution in [2.24, 2.45) is 5.41 Å². The van der Waals surface area contributed by atoms with Crippen molar-refractivity contribution < 1.29 is 9.90 Å². The minimum atomic E-state index is -0.184. The van der Waals surface area contributed by atoms with Gasteiger partial charge in [-0.15, -0.1) is 11.3 Å². The lowest BCUT2D eigenvalue weighted by Gasteiger charge is -2.31. The zero-order valence-corrected chi connectivity index (χ0v) is 14.5. The van der Waals surface area contributed by atoms with Gasteiger partial charge in [0.05, 0.1) is 10.4 Å². The van der Waals surface area contributed by atoms with E-state index in [9.17, 15) is 9.90 Å². The second-order valence-corrected chi connectivity index (χ2v) is 7.12. The molecule has 1 unspecified atom stereocenters. The van der Waals surface area contributed by atoms with Crippen molar-refractivity contribution in [2.75, 3.05) is 13.2 Å². The van der Waals surface area contributed by atoms with Crippen molar-refractivity contribution in [3.8, 4) is 0 Å². The van der Waals surface area contributed by atoms with Crippen molar-refractivity contribution in [3.63, 3.8) is 0 Å². The molecule has 1 rings (SSSR count). The first kappa shape index (κ1) is 18.3. The third kappa shape index (κ3) is 5.49. The Balaban J connectivity index is 2.49. The van der Waals surface area contributed by atoms with Gasteiger partial charge < -0.3 is 15.7 Å². The fraction of sp³-hybridized carbons (Fsp3) is 0.667. The molecule has 0 spiro atoms. The Morgan fingerprint density at radius 3 is 2.57 bits per heavy atom. The van der Waals surface area contributed by atoms with Crippen LogP contribution in [0.2, 0.25) is 4.34 Å². The van der Waals surface area contributed by atoms with Gasteiger partial charge in [0.2, 0.25) is 0 Å². The van der Waals surface area contributed by atoms with Gasteiger partial charge in [-0.2, -0.15) is 0 Å². The van der Waals surface area contributed by atoms with Crippen molar-refractivity contribution in [1.82, 2.24) is 10.6 Å². The van der Waals surface area contributed by atoms with Gasteiger partial charge in [-0.3, -0.25) is 0 Å². The summed E-state index contributed by atoms with van der Waals surface area (Å²) in [5.74, 6) is 0. The average Bonchev–Trinajstić information content (AvgIpc) is 2.90. The van der Waals surface area contributed by atoms with Crippen LogP contribution in [0.5, 0.6) is 0 Å². The number of urea groups is 1. The van der Waals surface area contributed by atoms with E-state index < -0.39 is 0 Å². The molecule has 0 aliphatic carbocycles. The van der Waals surface area contributed by atoms with Crippen LogP contribution >= 0.6 is 22.9 Å². The van der Waals surface area contributed by atoms with Crippen molar-refractivity contribution >= 4 is 29.0 Å². The lowest BCUT2D eigenvalue weighted by molar-refractivity contribution is 0.163. The number of hydrogen-bond donors (Lipinski definition) is 3. The highest BCUT2D eigenvalue weighted by atomic mass is 35.5. The number of aliphatic hydroxyl groups excluding tert-OH is 1. The molecule has 2 amide bonds. The molecule has 1 heterocycles. The molecule has 1 atom stereocenters. The third-order valence-electron chi connectivity index (χ3n) is 4.13. The number of nitrogens with one attached hydrogen (secondary N) is 2. The lowest BCUT2D eigenvalue weighted by Crippen LogP contribution is -2.43. The van der Waals surface area contributed by atoms with Gasteiger partial charge in [-0.25, -0.2) is 4.79 Å². The maximum atomic E-state index is 12.0. The topological polar surface area (TPSA) is 61.4 Å². The maximum Gasteiger partial charge on any atom is 0.315 e. The largest absolute Gasteiger partial charge is 0.396 e. The number of thiophene rings is 1. The SMILES string of the molecule is CCC(CC)(CCO)CNC(=O)NC(C)c1ccc(Cl)s1. The summed E-state index contributed by atoms with van der Waals surface area (Å²) in [4.78, 5) is 13.0. The monoisotopic (exact) mass is 332 g/mol. The summed E-state index contributed by atoms with van der Waals surface area (Å²) in [7, 11) is 0. The van der Waals surface area contributed by atoms with E-state index in [0.29, 0.717) is 13.0 Å². The first-order chi connectivity index (χ1) is 9.96. The van der Waals surface area contributed by atoms with E-state index >= 15 is 0 Å². The Morgan fingerprint density at radius 2 is 2.10 bits per heavy atom. The standard InChI is InChI=1S/C15H25ClN2O2S/c1-4-15(5-2,8-9-19)10-17-14(20)18-11(3)12-6-7-13(16)21-12/h6-7,11,19H,4-5,8-10H2,1-3H3,(H2,17,18,20). The maximum absolute atomic E-state index is 12.0. The van der Waals surface area contributed by atoms with Gasteiger partial charge in [0.25, 0.3) is 0 Å².